The van der Waals surface area contributed by atoms with Crippen molar-refractivity contribution in [1.29, 1.82) is 0 Å². The topological polar surface area (TPSA) is 92.3 Å². The molecule has 0 radical (unpaired) electrons. The molecule has 0 atom stereocenters. The maximum Gasteiger partial charge on any atom is 0.309 e. The quantitative estimate of drug-likeness (QED) is 0.738. The summed E-state index contributed by atoms with van der Waals surface area (Å²) in [6, 6.07) is 7.70. The average molecular weight is 324 g/mol. The van der Waals surface area contributed by atoms with Crippen molar-refractivity contribution in [2.75, 3.05) is 12.8 Å². The third-order valence-electron chi connectivity index (χ3n) is 4.23. The van der Waals surface area contributed by atoms with E-state index in [0.717, 1.165) is 33.5 Å². The summed E-state index contributed by atoms with van der Waals surface area (Å²) in [5, 5.41) is 0. The lowest BCUT2D eigenvalue weighted by Gasteiger charge is -2.11. The number of rotatable bonds is 3. The van der Waals surface area contributed by atoms with Crippen LogP contribution >= 0.6 is 0 Å². The van der Waals surface area contributed by atoms with Crippen LogP contribution in [0.5, 0.6) is 0 Å². The third-order valence-corrected chi connectivity index (χ3v) is 4.23. The van der Waals surface area contributed by atoms with Crippen LogP contribution in [0.2, 0.25) is 0 Å². The number of nitrogens with zero attached hydrogens (tertiary/aromatic N) is 3. The second kappa shape index (κ2) is 5.61. The van der Waals surface area contributed by atoms with E-state index >= 15 is 0 Å². The van der Waals surface area contributed by atoms with Gasteiger partial charge in [0.05, 0.1) is 32.4 Å². The van der Waals surface area contributed by atoms with Crippen LogP contribution in [0.15, 0.2) is 30.6 Å². The number of nitrogens with two attached hydrogens (primary N) is 1. The number of esters is 1. The summed E-state index contributed by atoms with van der Waals surface area (Å²) in [5.74, 6) is 0.175. The van der Waals surface area contributed by atoms with Gasteiger partial charge in [0, 0.05) is 11.3 Å². The molecule has 1 aliphatic heterocycles. The minimum absolute atomic E-state index is 0.246. The summed E-state index contributed by atoms with van der Waals surface area (Å²) < 4.78 is 12.3. The van der Waals surface area contributed by atoms with Gasteiger partial charge in [-0.3, -0.25) is 4.79 Å². The molecule has 122 valence electrons. The Hall–Kier alpha value is -2.93. The number of carbonyl (C=O) groups is 1. The molecule has 0 bridgehead atoms. The van der Waals surface area contributed by atoms with Crippen molar-refractivity contribution in [3.63, 3.8) is 0 Å². The zero-order valence-corrected chi connectivity index (χ0v) is 13.2. The summed E-state index contributed by atoms with van der Waals surface area (Å²) in [6.07, 6.45) is 1.72. The summed E-state index contributed by atoms with van der Waals surface area (Å²) in [6.45, 7) is 1.03. The Kier molecular flexibility index (Phi) is 3.42. The molecule has 0 fully saturated rings. The molecule has 0 saturated heterocycles. The van der Waals surface area contributed by atoms with Crippen LogP contribution in [-0.4, -0.2) is 27.6 Å². The molecule has 2 N–H and O–H groups in total. The fourth-order valence-electron chi connectivity index (χ4n) is 3.08. The van der Waals surface area contributed by atoms with Crippen molar-refractivity contribution in [3.05, 3.63) is 47.4 Å². The monoisotopic (exact) mass is 324 g/mol. The highest BCUT2D eigenvalue weighted by Crippen LogP contribution is 2.35. The highest BCUT2D eigenvalue weighted by atomic mass is 16.5. The maximum atomic E-state index is 11.4. The first-order valence-electron chi connectivity index (χ1n) is 7.55. The van der Waals surface area contributed by atoms with E-state index < -0.39 is 0 Å². The Morgan fingerprint density at radius 1 is 1.29 bits per heavy atom. The predicted molar refractivity (Wildman–Crippen MR) is 87.5 cm³/mol. The zero-order valence-electron chi connectivity index (χ0n) is 13.2. The van der Waals surface area contributed by atoms with Gasteiger partial charge < -0.3 is 19.8 Å². The first-order chi connectivity index (χ1) is 11.7. The van der Waals surface area contributed by atoms with E-state index in [-0.39, 0.29) is 12.4 Å². The van der Waals surface area contributed by atoms with Crippen molar-refractivity contribution in [2.45, 2.75) is 19.6 Å². The molecule has 0 aliphatic carbocycles. The number of methoxy groups -OCH3 is 1. The van der Waals surface area contributed by atoms with Crippen molar-refractivity contribution in [3.8, 4) is 5.69 Å². The lowest BCUT2D eigenvalue weighted by molar-refractivity contribution is -0.139. The minimum atomic E-state index is -0.263. The van der Waals surface area contributed by atoms with Crippen molar-refractivity contribution < 1.29 is 14.3 Å². The van der Waals surface area contributed by atoms with Crippen LogP contribution < -0.4 is 5.73 Å². The van der Waals surface area contributed by atoms with Crippen molar-refractivity contribution in [1.82, 2.24) is 14.5 Å². The smallest absolute Gasteiger partial charge is 0.309 e. The molecule has 2 aromatic heterocycles. The number of aromatic nitrogens is 3. The maximum absolute atomic E-state index is 11.4. The van der Waals surface area contributed by atoms with Crippen molar-refractivity contribution >= 4 is 22.8 Å². The molecule has 0 unspecified atom stereocenters. The largest absolute Gasteiger partial charge is 0.469 e. The Labute approximate surface area is 138 Å². The predicted octanol–water partition coefficient (Wildman–Crippen LogP) is 1.75. The summed E-state index contributed by atoms with van der Waals surface area (Å²) >= 11 is 0. The van der Waals surface area contributed by atoms with Crippen LogP contribution in [0.3, 0.4) is 0 Å². The van der Waals surface area contributed by atoms with Gasteiger partial charge in [0.1, 0.15) is 17.4 Å². The fourth-order valence-corrected chi connectivity index (χ4v) is 3.08. The Morgan fingerprint density at radius 2 is 2.08 bits per heavy atom. The molecule has 24 heavy (non-hydrogen) atoms. The highest BCUT2D eigenvalue weighted by molar-refractivity contribution is 5.91. The van der Waals surface area contributed by atoms with E-state index in [1.54, 1.807) is 0 Å². The summed E-state index contributed by atoms with van der Waals surface area (Å²) in [7, 11) is 1.38. The minimum Gasteiger partial charge on any atom is -0.469 e. The second-order valence-electron chi connectivity index (χ2n) is 5.63. The van der Waals surface area contributed by atoms with E-state index in [2.05, 4.69) is 9.97 Å². The Balaban J connectivity index is 1.84. The molecule has 3 heterocycles. The first kappa shape index (κ1) is 14.6. The number of ether oxygens (including phenoxy) is 2. The van der Waals surface area contributed by atoms with E-state index in [0.29, 0.717) is 19.0 Å². The molecule has 0 spiro atoms. The molecule has 0 amide bonds. The molecular weight excluding hydrogens is 308 g/mol. The third kappa shape index (κ3) is 2.21. The van der Waals surface area contributed by atoms with E-state index in [1.807, 2.05) is 28.8 Å². The lowest BCUT2D eigenvalue weighted by Crippen LogP contribution is -2.05. The van der Waals surface area contributed by atoms with Gasteiger partial charge in [0.15, 0.2) is 5.82 Å². The molecule has 7 heteroatoms. The Bertz CT molecular complexity index is 931. The number of hydrogen-bond acceptors (Lipinski definition) is 6. The normalized spacial score (nSPS) is 13.2. The van der Waals surface area contributed by atoms with Crippen molar-refractivity contribution in [2.24, 2.45) is 0 Å². The zero-order chi connectivity index (χ0) is 16.7. The lowest BCUT2D eigenvalue weighted by atomic mass is 10.1. The number of nitrogen functional groups attached to an aromatic ring is 1. The van der Waals surface area contributed by atoms with E-state index in [9.17, 15) is 4.79 Å². The van der Waals surface area contributed by atoms with Crippen LogP contribution in [0.4, 0.5) is 5.82 Å². The number of fused-ring (bicyclic) bond motifs is 3. The number of anilines is 1. The summed E-state index contributed by atoms with van der Waals surface area (Å²) in [4.78, 5) is 19.9. The molecule has 1 aliphatic rings. The van der Waals surface area contributed by atoms with Gasteiger partial charge in [-0.1, -0.05) is 12.1 Å². The van der Waals surface area contributed by atoms with Gasteiger partial charge in [-0.15, -0.1) is 0 Å². The number of hydrogen-bond donors (Lipinski definition) is 1. The van der Waals surface area contributed by atoms with E-state index in [1.165, 1.54) is 13.4 Å². The van der Waals surface area contributed by atoms with Gasteiger partial charge >= 0.3 is 5.97 Å². The molecule has 1 aromatic carbocycles. The average Bonchev–Trinajstić information content (AvgIpc) is 3.17. The standard InChI is InChI=1S/C17H16N4O3/c1-23-14(22)6-10-2-4-11(5-3-10)21-13-8-24-7-12(13)15-16(21)17(18)20-9-19-15/h2-5,9H,6-8H2,1H3,(H2,18,19,20). The Morgan fingerprint density at radius 3 is 2.83 bits per heavy atom. The molecular formula is C17H16N4O3. The van der Waals surface area contributed by atoms with Gasteiger partial charge in [0.2, 0.25) is 0 Å². The fraction of sp³-hybridized carbons (Fsp3) is 0.235. The van der Waals surface area contributed by atoms with Gasteiger partial charge in [-0.2, -0.15) is 0 Å². The second-order valence-corrected chi connectivity index (χ2v) is 5.63. The molecule has 3 aromatic rings. The van der Waals surface area contributed by atoms with Gasteiger partial charge in [-0.05, 0) is 17.7 Å². The summed E-state index contributed by atoms with van der Waals surface area (Å²) in [5.41, 5.74) is 11.6. The van der Waals surface area contributed by atoms with Gasteiger partial charge in [-0.25, -0.2) is 9.97 Å². The van der Waals surface area contributed by atoms with Crippen LogP contribution in [0.25, 0.3) is 16.7 Å². The van der Waals surface area contributed by atoms with Crippen LogP contribution in [-0.2, 0) is 33.9 Å². The van der Waals surface area contributed by atoms with Crippen LogP contribution in [0.1, 0.15) is 16.8 Å². The number of benzene rings is 1. The molecule has 0 saturated carbocycles. The van der Waals surface area contributed by atoms with Crippen LogP contribution in [0, 0.1) is 0 Å². The molecule has 7 nitrogen and oxygen atoms in total. The number of carbonyl (C=O) groups excluding carboxylic acids is 1. The van der Waals surface area contributed by atoms with E-state index in [4.69, 9.17) is 15.2 Å². The van der Waals surface area contributed by atoms with Gasteiger partial charge in [0.25, 0.3) is 0 Å². The first-order valence-corrected chi connectivity index (χ1v) is 7.55. The SMILES string of the molecule is COC(=O)Cc1ccc(-n2c3c(c4ncnc(N)c42)COC3)cc1. The molecule has 4 rings (SSSR count). The highest BCUT2D eigenvalue weighted by Gasteiger charge is 2.25.